The lowest BCUT2D eigenvalue weighted by Crippen LogP contribution is -1.90. The SMILES string of the molecule is COc1ccc(C2=C(c3ccc(C[SH](=O)=O)cc3)CCC2)cc1. The quantitative estimate of drug-likeness (QED) is 0.847. The average Bonchev–Trinajstić information content (AvgIpc) is 3.05. The minimum Gasteiger partial charge on any atom is -0.497 e. The summed E-state index contributed by atoms with van der Waals surface area (Å²) in [7, 11) is -0.697. The van der Waals surface area contributed by atoms with E-state index in [1.54, 1.807) is 7.11 Å². The lowest BCUT2D eigenvalue weighted by molar-refractivity contribution is 0.415. The molecule has 0 N–H and O–H groups in total. The van der Waals surface area contributed by atoms with Crippen LogP contribution in [0.25, 0.3) is 11.1 Å². The van der Waals surface area contributed by atoms with E-state index in [-0.39, 0.29) is 5.75 Å². The fraction of sp³-hybridized carbons (Fsp3) is 0.263. The molecule has 0 saturated heterocycles. The van der Waals surface area contributed by atoms with Crippen LogP contribution in [0.1, 0.15) is 36.0 Å². The molecule has 3 nitrogen and oxygen atoms in total. The number of allylic oxidation sites excluding steroid dienone is 2. The number of thiol groups is 1. The van der Waals surface area contributed by atoms with Crippen LogP contribution in [0, 0.1) is 0 Å². The van der Waals surface area contributed by atoms with Gasteiger partial charge in [0.1, 0.15) is 16.5 Å². The highest BCUT2D eigenvalue weighted by molar-refractivity contribution is 7.71. The van der Waals surface area contributed by atoms with Crippen molar-refractivity contribution in [2.75, 3.05) is 7.11 Å². The average molecular weight is 328 g/mol. The zero-order chi connectivity index (χ0) is 16.2. The Balaban J connectivity index is 1.92. The van der Waals surface area contributed by atoms with Crippen molar-refractivity contribution in [3.05, 3.63) is 65.2 Å². The molecule has 23 heavy (non-hydrogen) atoms. The smallest absolute Gasteiger partial charge is 0.144 e. The van der Waals surface area contributed by atoms with E-state index in [2.05, 4.69) is 12.1 Å². The molecule has 3 rings (SSSR count). The molecular weight excluding hydrogens is 308 g/mol. The highest BCUT2D eigenvalue weighted by atomic mass is 32.2. The van der Waals surface area contributed by atoms with Crippen molar-refractivity contribution in [1.82, 2.24) is 0 Å². The van der Waals surface area contributed by atoms with Crippen LogP contribution in [0.15, 0.2) is 48.5 Å². The molecule has 0 aromatic heterocycles. The lowest BCUT2D eigenvalue weighted by atomic mass is 9.96. The summed E-state index contributed by atoms with van der Waals surface area (Å²) in [4.78, 5) is 0. The minimum atomic E-state index is -2.37. The van der Waals surface area contributed by atoms with Gasteiger partial charge in [-0.25, -0.2) is 8.42 Å². The molecule has 2 aromatic carbocycles. The van der Waals surface area contributed by atoms with Crippen LogP contribution in [-0.4, -0.2) is 15.5 Å². The van der Waals surface area contributed by atoms with Crippen molar-refractivity contribution < 1.29 is 13.2 Å². The molecule has 120 valence electrons. The van der Waals surface area contributed by atoms with Crippen LogP contribution in [0.5, 0.6) is 5.75 Å². The van der Waals surface area contributed by atoms with E-state index < -0.39 is 10.7 Å². The van der Waals surface area contributed by atoms with E-state index in [0.717, 1.165) is 30.6 Å². The summed E-state index contributed by atoms with van der Waals surface area (Å²) < 4.78 is 26.9. The predicted molar refractivity (Wildman–Crippen MR) is 94.1 cm³/mol. The Morgan fingerprint density at radius 3 is 1.87 bits per heavy atom. The zero-order valence-electron chi connectivity index (χ0n) is 13.1. The number of hydrogen-bond donors (Lipinski definition) is 1. The molecule has 1 aliphatic rings. The van der Waals surface area contributed by atoms with Gasteiger partial charge in [0.25, 0.3) is 0 Å². The summed E-state index contributed by atoms with van der Waals surface area (Å²) in [6.07, 6.45) is 3.30. The van der Waals surface area contributed by atoms with Crippen LogP contribution in [-0.2, 0) is 16.5 Å². The zero-order valence-corrected chi connectivity index (χ0v) is 14.0. The van der Waals surface area contributed by atoms with Crippen LogP contribution in [0.3, 0.4) is 0 Å². The molecule has 0 heterocycles. The Morgan fingerprint density at radius 1 is 0.870 bits per heavy atom. The van der Waals surface area contributed by atoms with Crippen LogP contribution in [0.4, 0.5) is 0 Å². The first-order chi connectivity index (χ1) is 11.2. The highest BCUT2D eigenvalue weighted by Gasteiger charge is 2.17. The first-order valence-corrected chi connectivity index (χ1v) is 9.11. The van der Waals surface area contributed by atoms with Crippen LogP contribution < -0.4 is 4.74 Å². The summed E-state index contributed by atoms with van der Waals surface area (Å²) in [6, 6.07) is 16.1. The van der Waals surface area contributed by atoms with Gasteiger partial charge in [0, 0.05) is 0 Å². The lowest BCUT2D eigenvalue weighted by Gasteiger charge is -2.10. The van der Waals surface area contributed by atoms with Gasteiger partial charge >= 0.3 is 0 Å². The molecule has 0 atom stereocenters. The van der Waals surface area contributed by atoms with E-state index in [0.29, 0.717) is 0 Å². The molecule has 4 heteroatoms. The Labute approximate surface area is 138 Å². The van der Waals surface area contributed by atoms with Gasteiger partial charge in [-0.3, -0.25) is 0 Å². The summed E-state index contributed by atoms with van der Waals surface area (Å²) in [5.41, 5.74) is 6.03. The second-order valence-electron chi connectivity index (χ2n) is 5.73. The van der Waals surface area contributed by atoms with Crippen molar-refractivity contribution in [2.45, 2.75) is 25.0 Å². The second kappa shape index (κ2) is 7.01. The molecule has 0 aliphatic heterocycles. The number of rotatable bonds is 5. The molecule has 0 bridgehead atoms. The summed E-state index contributed by atoms with van der Waals surface area (Å²) in [6.45, 7) is 0. The fourth-order valence-electron chi connectivity index (χ4n) is 3.13. The first kappa shape index (κ1) is 15.8. The van der Waals surface area contributed by atoms with E-state index >= 15 is 0 Å². The molecule has 0 spiro atoms. The van der Waals surface area contributed by atoms with Gasteiger partial charge in [-0.2, -0.15) is 0 Å². The van der Waals surface area contributed by atoms with Crippen molar-refractivity contribution in [3.8, 4) is 5.75 Å². The van der Waals surface area contributed by atoms with Crippen LogP contribution >= 0.6 is 0 Å². The normalized spacial score (nSPS) is 14.5. The third-order valence-electron chi connectivity index (χ3n) is 4.27. The molecule has 2 aromatic rings. The molecule has 0 radical (unpaired) electrons. The minimum absolute atomic E-state index is 0.111. The van der Waals surface area contributed by atoms with Crippen molar-refractivity contribution in [1.29, 1.82) is 0 Å². The number of methoxy groups -OCH3 is 1. The summed E-state index contributed by atoms with van der Waals surface area (Å²) in [5, 5.41) is 0. The highest BCUT2D eigenvalue weighted by Crippen LogP contribution is 2.40. The van der Waals surface area contributed by atoms with E-state index in [4.69, 9.17) is 4.74 Å². The van der Waals surface area contributed by atoms with Gasteiger partial charge in [-0.1, -0.05) is 36.4 Å². The third kappa shape index (κ3) is 3.64. The van der Waals surface area contributed by atoms with Gasteiger partial charge in [0.15, 0.2) is 0 Å². The van der Waals surface area contributed by atoms with Crippen molar-refractivity contribution >= 4 is 21.9 Å². The monoisotopic (exact) mass is 328 g/mol. The van der Waals surface area contributed by atoms with Gasteiger partial charge in [0.05, 0.1) is 12.9 Å². The maximum Gasteiger partial charge on any atom is 0.144 e. The Kier molecular flexibility index (Phi) is 4.82. The molecule has 0 amide bonds. The van der Waals surface area contributed by atoms with Crippen molar-refractivity contribution in [3.63, 3.8) is 0 Å². The standard InChI is InChI=1S/C19H20O3S/c1-22-17-11-9-16(10-12-17)19-4-2-3-18(19)15-7-5-14(6-8-15)13-23(20)21/h5-12,23H,2-4,13H2,1H3. The third-order valence-corrected chi connectivity index (χ3v) is 4.89. The topological polar surface area (TPSA) is 43.4 Å². The number of benzene rings is 2. The predicted octanol–water partition coefficient (Wildman–Crippen LogP) is 3.90. The largest absolute Gasteiger partial charge is 0.497 e. The Hall–Kier alpha value is -2.07. The van der Waals surface area contributed by atoms with E-state index in [1.165, 1.54) is 22.3 Å². The van der Waals surface area contributed by atoms with Gasteiger partial charge in [-0.15, -0.1) is 0 Å². The van der Waals surface area contributed by atoms with Crippen LogP contribution in [0.2, 0.25) is 0 Å². The molecular formula is C19H20O3S. The number of ether oxygens (including phenoxy) is 1. The Bertz CT molecular complexity index is 776. The molecule has 0 fully saturated rings. The van der Waals surface area contributed by atoms with E-state index in [1.807, 2.05) is 36.4 Å². The van der Waals surface area contributed by atoms with E-state index in [9.17, 15) is 8.42 Å². The first-order valence-electron chi connectivity index (χ1n) is 7.75. The Morgan fingerprint density at radius 2 is 1.39 bits per heavy atom. The van der Waals surface area contributed by atoms with Crippen molar-refractivity contribution in [2.24, 2.45) is 0 Å². The molecule has 0 saturated carbocycles. The number of hydrogen-bond acceptors (Lipinski definition) is 3. The summed E-state index contributed by atoms with van der Waals surface area (Å²) >= 11 is 0. The van der Waals surface area contributed by atoms with Gasteiger partial charge in [-0.05, 0) is 59.2 Å². The molecule has 1 aliphatic carbocycles. The maximum absolute atomic E-state index is 10.8. The fourth-order valence-corrected chi connectivity index (χ4v) is 3.64. The second-order valence-corrected chi connectivity index (χ2v) is 6.71. The molecule has 0 unspecified atom stereocenters. The van der Waals surface area contributed by atoms with Gasteiger partial charge in [0.2, 0.25) is 0 Å². The summed E-state index contributed by atoms with van der Waals surface area (Å²) in [5.74, 6) is 0.977. The maximum atomic E-state index is 10.8. The van der Waals surface area contributed by atoms with Gasteiger partial charge < -0.3 is 4.74 Å².